The second-order valence-corrected chi connectivity index (χ2v) is 23.5. The van der Waals surface area contributed by atoms with Crippen LogP contribution in [0.15, 0.2) is 22.0 Å². The van der Waals surface area contributed by atoms with Crippen molar-refractivity contribution in [2.24, 2.45) is 0 Å². The lowest BCUT2D eigenvalue weighted by molar-refractivity contribution is 0.411. The predicted octanol–water partition coefficient (Wildman–Crippen LogP) is 2.06. The van der Waals surface area contributed by atoms with Gasteiger partial charge in [-0.3, -0.25) is 0 Å². The molecule has 7 heteroatoms. The number of halogens is 2. The summed E-state index contributed by atoms with van der Waals surface area (Å²) in [4.78, 5) is 9.08. The molecule has 1 heterocycles. The van der Waals surface area contributed by atoms with E-state index >= 15 is 0 Å². The Balaban J connectivity index is 3.65. The fourth-order valence-corrected chi connectivity index (χ4v) is 13.9. The average molecular weight is 506 g/mol. The second-order valence-electron chi connectivity index (χ2n) is 5.55. The molecule has 110 valence electrons. The van der Waals surface area contributed by atoms with Crippen LogP contribution in [0.4, 0.5) is 0 Å². The maximum atomic E-state index is 2.69. The molecule has 0 aliphatic carbocycles. The zero-order chi connectivity index (χ0) is 15.1. The van der Waals surface area contributed by atoms with Gasteiger partial charge in [-0.1, -0.05) is 43.6 Å². The van der Waals surface area contributed by atoms with Crippen molar-refractivity contribution in [2.45, 2.75) is 0 Å². The van der Waals surface area contributed by atoms with Crippen LogP contribution in [0.25, 0.3) is 0 Å². The normalized spacial score (nSPS) is 18.0. The van der Waals surface area contributed by atoms with Gasteiger partial charge < -0.3 is 19.6 Å². The molecule has 19 heavy (non-hydrogen) atoms. The third kappa shape index (κ3) is 3.02. The Hall–Kier alpha value is 0.357. The van der Waals surface area contributed by atoms with Crippen molar-refractivity contribution >= 4 is 46.7 Å². The summed E-state index contributed by atoms with van der Waals surface area (Å²) in [5.74, 6) is 0. The average Bonchev–Trinajstić information content (AvgIpc) is 2.45. The van der Waals surface area contributed by atoms with Crippen molar-refractivity contribution in [3.63, 3.8) is 0 Å². The molecule has 0 spiro atoms. The van der Waals surface area contributed by atoms with Gasteiger partial charge in [0.2, 0.25) is 0 Å². The summed E-state index contributed by atoms with van der Waals surface area (Å²) in [5, 5.41) is 2.96. The molecular weight excluding hydrogens is 482 g/mol. The minimum absolute atomic E-state index is 1.36. The summed E-state index contributed by atoms with van der Waals surface area (Å²) in [6, 6.07) is 0. The Morgan fingerprint density at radius 3 is 1.00 bits per heavy atom. The van der Waals surface area contributed by atoms with E-state index in [0.717, 1.165) is 0 Å². The summed E-state index contributed by atoms with van der Waals surface area (Å²) in [5.41, 5.74) is 2.71. The van der Waals surface area contributed by atoms with Crippen LogP contribution >= 0.6 is 43.6 Å². The molecule has 0 unspecified atom stereocenters. The van der Waals surface area contributed by atoms with Crippen molar-refractivity contribution in [1.29, 1.82) is 0 Å². The Labute approximate surface area is 143 Å². The van der Waals surface area contributed by atoms with Crippen LogP contribution in [0, 0.1) is 0 Å². The lowest BCUT2D eigenvalue weighted by atomic mass is 10.3. The third-order valence-electron chi connectivity index (χ3n) is 3.06. The van der Waals surface area contributed by atoms with E-state index in [0.29, 0.717) is 0 Å². The van der Waals surface area contributed by atoms with Crippen molar-refractivity contribution < 1.29 is 0 Å². The van der Waals surface area contributed by atoms with Crippen molar-refractivity contribution in [3.05, 3.63) is 22.0 Å². The standard InChI is InChI=1S/C12H24I2N4Si/c1-15(2)9-10(16(3)4)12(18(7)8)19(13,14)11(9)17(5)6/h1-8H3. The van der Waals surface area contributed by atoms with Gasteiger partial charge >= 0.3 is 0 Å². The molecule has 1 rings (SSSR count). The lowest BCUT2D eigenvalue weighted by Crippen LogP contribution is -2.37. The van der Waals surface area contributed by atoms with Crippen LogP contribution in [-0.4, -0.2) is 79.0 Å². The summed E-state index contributed by atoms with van der Waals surface area (Å²) in [6.45, 7) is 0. The van der Waals surface area contributed by atoms with Crippen LogP contribution in [0.2, 0.25) is 0 Å². The van der Waals surface area contributed by atoms with Crippen molar-refractivity contribution in [1.82, 2.24) is 19.6 Å². The van der Waals surface area contributed by atoms with E-state index in [1.165, 1.54) is 22.0 Å². The first kappa shape index (κ1) is 17.4. The highest BCUT2D eigenvalue weighted by Gasteiger charge is 2.49. The van der Waals surface area contributed by atoms with Crippen LogP contribution in [0.5, 0.6) is 0 Å². The molecule has 0 fully saturated rings. The molecule has 0 amide bonds. The summed E-state index contributed by atoms with van der Waals surface area (Å²) in [7, 11) is 17.2. The number of hydrogen-bond acceptors (Lipinski definition) is 4. The Morgan fingerprint density at radius 1 is 0.579 bits per heavy atom. The van der Waals surface area contributed by atoms with Crippen molar-refractivity contribution in [3.8, 4) is 0 Å². The van der Waals surface area contributed by atoms with E-state index in [9.17, 15) is 0 Å². The van der Waals surface area contributed by atoms with Gasteiger partial charge in [0.1, 0.15) is 0 Å². The van der Waals surface area contributed by atoms with E-state index in [2.05, 4.69) is 120 Å². The molecule has 0 N–H and O–H groups in total. The summed E-state index contributed by atoms with van der Waals surface area (Å²) >= 11 is 5.38. The maximum absolute atomic E-state index is 2.69. The van der Waals surface area contributed by atoms with Gasteiger partial charge in [-0.15, -0.1) is 0 Å². The Bertz CT molecular complexity index is 387. The molecule has 0 radical (unpaired) electrons. The molecular formula is C12H24I2N4Si. The van der Waals surface area contributed by atoms with E-state index in [-0.39, 0.29) is 0 Å². The molecule has 0 saturated carbocycles. The topological polar surface area (TPSA) is 13.0 Å². The van der Waals surface area contributed by atoms with Gasteiger partial charge in [0, 0.05) is 56.4 Å². The van der Waals surface area contributed by atoms with Gasteiger partial charge in [0.05, 0.1) is 22.0 Å². The molecule has 0 atom stereocenters. The fraction of sp³-hybridized carbons (Fsp3) is 0.667. The second kappa shape index (κ2) is 6.00. The minimum Gasteiger partial charge on any atom is -0.381 e. The molecule has 1 aliphatic rings. The van der Waals surface area contributed by atoms with Crippen LogP contribution in [-0.2, 0) is 0 Å². The van der Waals surface area contributed by atoms with E-state index < -0.39 is 3.07 Å². The monoisotopic (exact) mass is 506 g/mol. The molecule has 0 bridgehead atoms. The van der Waals surface area contributed by atoms with E-state index in [1.54, 1.807) is 0 Å². The summed E-state index contributed by atoms with van der Waals surface area (Å²) < 4.78 is -1.71. The Kier molecular flexibility index (Phi) is 5.50. The molecule has 1 aliphatic heterocycles. The molecule has 0 saturated heterocycles. The van der Waals surface area contributed by atoms with Gasteiger partial charge in [0.15, 0.2) is 0 Å². The number of hydrogen-bond donors (Lipinski definition) is 0. The molecule has 0 aromatic carbocycles. The quantitative estimate of drug-likeness (QED) is 0.329. The molecule has 0 aromatic rings. The first-order valence-electron chi connectivity index (χ1n) is 6.10. The summed E-state index contributed by atoms with van der Waals surface area (Å²) in [6.07, 6.45) is 0. The number of rotatable bonds is 4. The predicted molar refractivity (Wildman–Crippen MR) is 103 cm³/mol. The molecule has 0 aromatic heterocycles. The van der Waals surface area contributed by atoms with Gasteiger partial charge in [-0.05, 0) is 0 Å². The first-order valence-corrected chi connectivity index (χ1v) is 14.3. The number of likely N-dealkylation sites (N-methyl/N-ethyl adjacent to an activating group) is 2. The van der Waals surface area contributed by atoms with E-state index in [4.69, 9.17) is 0 Å². The largest absolute Gasteiger partial charge is 0.381 e. The maximum Gasteiger partial charge on any atom is 0.286 e. The van der Waals surface area contributed by atoms with E-state index in [1.807, 2.05) is 0 Å². The highest BCUT2D eigenvalue weighted by atomic mass is 127. The van der Waals surface area contributed by atoms with Gasteiger partial charge in [-0.2, -0.15) is 0 Å². The Morgan fingerprint density at radius 2 is 0.842 bits per heavy atom. The lowest BCUT2D eigenvalue weighted by Gasteiger charge is -2.30. The molecule has 4 nitrogen and oxygen atoms in total. The first-order chi connectivity index (χ1) is 8.53. The van der Waals surface area contributed by atoms with Crippen LogP contribution in [0.1, 0.15) is 0 Å². The van der Waals surface area contributed by atoms with Crippen LogP contribution in [0.3, 0.4) is 0 Å². The van der Waals surface area contributed by atoms with Gasteiger partial charge in [-0.25, -0.2) is 0 Å². The zero-order valence-corrected chi connectivity index (χ0v) is 18.4. The van der Waals surface area contributed by atoms with Crippen LogP contribution < -0.4 is 0 Å². The smallest absolute Gasteiger partial charge is 0.286 e. The highest BCUT2D eigenvalue weighted by molar-refractivity contribution is 14.3. The zero-order valence-electron chi connectivity index (χ0n) is 13.0. The third-order valence-corrected chi connectivity index (χ3v) is 11.7. The van der Waals surface area contributed by atoms with Gasteiger partial charge in [0.25, 0.3) is 3.07 Å². The van der Waals surface area contributed by atoms with Crippen molar-refractivity contribution in [2.75, 3.05) is 56.4 Å². The fourth-order valence-electron chi connectivity index (χ4n) is 2.47. The minimum atomic E-state index is -1.71. The SMILES string of the molecule is CN(C)C1=C(N(C)C)[Si](I)(I)C(N(C)C)=C1N(C)C. The number of nitrogens with zero attached hydrogens (tertiary/aromatic N) is 4. The highest BCUT2D eigenvalue weighted by Crippen LogP contribution is 2.49.